The molecule has 1 heterocycles. The number of nitrogens with one attached hydrogen (secondary N) is 1. The average Bonchev–Trinajstić information content (AvgIpc) is 2.50. The number of benzene rings is 1. The number of hydrogen-bond donors (Lipinski definition) is 2. The number of rotatable bonds is 6. The first-order valence-electron chi connectivity index (χ1n) is 6.71. The Kier molecular flexibility index (Phi) is 5.76. The maximum Gasteiger partial charge on any atom is 0.312 e. The van der Waals surface area contributed by atoms with Crippen LogP contribution in [0.3, 0.4) is 0 Å². The highest BCUT2D eigenvalue weighted by molar-refractivity contribution is 7.87. The molecule has 2 N–H and O–H groups in total. The maximum atomic E-state index is 12.1. The van der Waals surface area contributed by atoms with Crippen molar-refractivity contribution in [1.29, 1.82) is 0 Å². The van der Waals surface area contributed by atoms with Crippen molar-refractivity contribution in [2.75, 3.05) is 32.8 Å². The summed E-state index contributed by atoms with van der Waals surface area (Å²) in [6.07, 6.45) is 0. The van der Waals surface area contributed by atoms with Gasteiger partial charge >= 0.3 is 5.97 Å². The lowest BCUT2D eigenvalue weighted by atomic mass is 10.00. The second-order valence-corrected chi connectivity index (χ2v) is 7.00. The smallest absolute Gasteiger partial charge is 0.312 e. The van der Waals surface area contributed by atoms with Crippen LogP contribution in [0.4, 0.5) is 0 Å². The lowest BCUT2D eigenvalue weighted by molar-refractivity contribution is -0.138. The predicted molar refractivity (Wildman–Crippen MR) is 81.1 cm³/mol. The van der Waals surface area contributed by atoms with Crippen molar-refractivity contribution in [2.45, 2.75) is 5.92 Å². The summed E-state index contributed by atoms with van der Waals surface area (Å²) in [5, 5.41) is 9.79. The zero-order valence-corrected chi connectivity index (χ0v) is 13.3. The highest BCUT2D eigenvalue weighted by atomic mass is 35.5. The van der Waals surface area contributed by atoms with Crippen LogP contribution in [0.5, 0.6) is 0 Å². The number of carboxylic acid groups (broad SMARTS) is 1. The van der Waals surface area contributed by atoms with E-state index in [2.05, 4.69) is 4.72 Å². The zero-order valence-electron chi connectivity index (χ0n) is 11.7. The molecule has 1 fully saturated rings. The summed E-state index contributed by atoms with van der Waals surface area (Å²) in [5.74, 6) is -2.08. The van der Waals surface area contributed by atoms with E-state index in [1.165, 1.54) is 4.31 Å². The Bertz CT molecular complexity index is 614. The average molecular weight is 349 g/mol. The monoisotopic (exact) mass is 348 g/mol. The van der Waals surface area contributed by atoms with Gasteiger partial charge < -0.3 is 9.84 Å². The Hall–Kier alpha value is -1.19. The van der Waals surface area contributed by atoms with Crippen LogP contribution in [-0.2, 0) is 19.7 Å². The number of nitrogens with zero attached hydrogens (tertiary/aromatic N) is 1. The minimum absolute atomic E-state index is 0.226. The molecule has 122 valence electrons. The minimum Gasteiger partial charge on any atom is -0.481 e. The van der Waals surface area contributed by atoms with E-state index in [1.807, 2.05) is 0 Å². The van der Waals surface area contributed by atoms with E-state index >= 15 is 0 Å². The Morgan fingerprint density at radius 1 is 1.32 bits per heavy atom. The van der Waals surface area contributed by atoms with Gasteiger partial charge in [0.05, 0.1) is 19.1 Å². The zero-order chi connectivity index (χ0) is 16.2. The Morgan fingerprint density at radius 2 is 1.91 bits per heavy atom. The van der Waals surface area contributed by atoms with Gasteiger partial charge in [-0.25, -0.2) is 4.72 Å². The molecule has 1 saturated heterocycles. The summed E-state index contributed by atoms with van der Waals surface area (Å²) in [4.78, 5) is 11.4. The van der Waals surface area contributed by atoms with Gasteiger partial charge in [-0.3, -0.25) is 4.79 Å². The summed E-state index contributed by atoms with van der Waals surface area (Å²) in [6.45, 7) is 0.958. The van der Waals surface area contributed by atoms with Crippen molar-refractivity contribution in [1.82, 2.24) is 9.03 Å². The summed E-state index contributed by atoms with van der Waals surface area (Å²) >= 11 is 5.77. The highest BCUT2D eigenvalue weighted by Gasteiger charge is 2.27. The summed E-state index contributed by atoms with van der Waals surface area (Å²) in [5.41, 5.74) is 0.488. The number of halogens is 1. The van der Waals surface area contributed by atoms with E-state index in [0.717, 1.165) is 0 Å². The molecule has 0 bridgehead atoms. The van der Waals surface area contributed by atoms with E-state index in [4.69, 9.17) is 16.3 Å². The second-order valence-electron chi connectivity index (χ2n) is 4.81. The van der Waals surface area contributed by atoms with Gasteiger partial charge in [-0.2, -0.15) is 12.7 Å². The first-order valence-corrected chi connectivity index (χ1v) is 8.53. The summed E-state index contributed by atoms with van der Waals surface area (Å²) in [6, 6.07) is 6.29. The van der Waals surface area contributed by atoms with Crippen LogP contribution < -0.4 is 4.72 Å². The molecule has 0 aromatic heterocycles. The number of ether oxygens (including phenoxy) is 1. The largest absolute Gasteiger partial charge is 0.481 e. The molecule has 22 heavy (non-hydrogen) atoms. The molecule has 0 amide bonds. The normalized spacial score (nSPS) is 18.0. The van der Waals surface area contributed by atoms with Crippen LogP contribution in [-0.4, -0.2) is 56.6 Å². The second kappa shape index (κ2) is 7.38. The van der Waals surface area contributed by atoms with E-state index < -0.39 is 22.1 Å². The van der Waals surface area contributed by atoms with Crippen molar-refractivity contribution >= 4 is 27.8 Å². The number of carboxylic acids is 1. The number of hydrogen-bond acceptors (Lipinski definition) is 4. The molecule has 1 aromatic carbocycles. The topological polar surface area (TPSA) is 95.9 Å². The van der Waals surface area contributed by atoms with Crippen LogP contribution in [0.15, 0.2) is 24.3 Å². The lowest BCUT2D eigenvalue weighted by Gasteiger charge is -2.26. The molecule has 1 atom stereocenters. The molecule has 7 nitrogen and oxygen atoms in total. The van der Waals surface area contributed by atoms with Crippen molar-refractivity contribution < 1.29 is 23.1 Å². The van der Waals surface area contributed by atoms with Crippen LogP contribution in [0.2, 0.25) is 5.02 Å². The lowest BCUT2D eigenvalue weighted by Crippen LogP contribution is -2.47. The van der Waals surface area contributed by atoms with Crippen LogP contribution >= 0.6 is 11.6 Å². The molecule has 0 radical (unpaired) electrons. The van der Waals surface area contributed by atoms with Gasteiger partial charge in [0, 0.05) is 24.7 Å². The molecule has 1 aliphatic rings. The van der Waals surface area contributed by atoms with E-state index in [9.17, 15) is 18.3 Å². The van der Waals surface area contributed by atoms with Crippen LogP contribution in [0, 0.1) is 0 Å². The molecular weight excluding hydrogens is 332 g/mol. The van der Waals surface area contributed by atoms with Gasteiger partial charge in [0.1, 0.15) is 0 Å². The fourth-order valence-electron chi connectivity index (χ4n) is 2.11. The van der Waals surface area contributed by atoms with Gasteiger partial charge in [0.15, 0.2) is 0 Å². The quantitative estimate of drug-likeness (QED) is 0.788. The third kappa shape index (κ3) is 4.40. The maximum absolute atomic E-state index is 12.1. The van der Waals surface area contributed by atoms with Crippen LogP contribution in [0.25, 0.3) is 0 Å². The van der Waals surface area contributed by atoms with E-state index in [-0.39, 0.29) is 19.6 Å². The van der Waals surface area contributed by atoms with Gasteiger partial charge in [-0.15, -0.1) is 0 Å². The fourth-order valence-corrected chi connectivity index (χ4v) is 3.43. The minimum atomic E-state index is -3.71. The van der Waals surface area contributed by atoms with Gasteiger partial charge in [-0.1, -0.05) is 23.7 Å². The first kappa shape index (κ1) is 17.2. The Morgan fingerprint density at radius 3 is 2.45 bits per heavy atom. The molecule has 0 aliphatic carbocycles. The van der Waals surface area contributed by atoms with E-state index in [1.54, 1.807) is 24.3 Å². The van der Waals surface area contributed by atoms with Gasteiger partial charge in [0.2, 0.25) is 0 Å². The molecule has 2 rings (SSSR count). The predicted octanol–water partition coefficient (Wildman–Crippen LogP) is 0.675. The first-order chi connectivity index (χ1) is 10.4. The summed E-state index contributed by atoms with van der Waals surface area (Å²) in [7, 11) is -3.71. The molecule has 1 aliphatic heterocycles. The summed E-state index contributed by atoms with van der Waals surface area (Å²) < 4.78 is 33.0. The third-order valence-corrected chi connectivity index (χ3v) is 5.18. The number of aliphatic carboxylic acids is 1. The molecule has 1 aromatic rings. The van der Waals surface area contributed by atoms with Crippen molar-refractivity contribution in [2.24, 2.45) is 0 Å². The highest BCUT2D eigenvalue weighted by Crippen LogP contribution is 2.19. The number of carbonyl (C=O) groups is 1. The van der Waals surface area contributed by atoms with Gasteiger partial charge in [0.25, 0.3) is 10.2 Å². The van der Waals surface area contributed by atoms with Gasteiger partial charge in [-0.05, 0) is 17.7 Å². The Balaban J connectivity index is 2.05. The standard InChI is InChI=1S/C13H17ClN2O5S/c14-11-3-1-10(2-4-11)12(13(17)18)9-15-22(19,20)16-5-7-21-8-6-16/h1-4,12,15H,5-9H2,(H,17,18). The SMILES string of the molecule is O=C(O)C(CNS(=O)(=O)N1CCOCC1)c1ccc(Cl)cc1. The molecule has 0 spiro atoms. The van der Waals surface area contributed by atoms with E-state index in [0.29, 0.717) is 23.8 Å². The van der Waals surface area contributed by atoms with Crippen LogP contribution in [0.1, 0.15) is 11.5 Å². The van der Waals surface area contributed by atoms with Crippen molar-refractivity contribution in [3.63, 3.8) is 0 Å². The molecule has 0 saturated carbocycles. The number of morpholine rings is 1. The molecular formula is C13H17ClN2O5S. The van der Waals surface area contributed by atoms with Crippen molar-refractivity contribution in [3.8, 4) is 0 Å². The third-order valence-electron chi connectivity index (χ3n) is 3.35. The molecule has 9 heteroatoms. The molecule has 1 unspecified atom stereocenters. The Labute approximate surface area is 134 Å². The van der Waals surface area contributed by atoms with Crippen molar-refractivity contribution in [3.05, 3.63) is 34.9 Å². The fraction of sp³-hybridized carbons (Fsp3) is 0.462.